The summed E-state index contributed by atoms with van der Waals surface area (Å²) in [7, 11) is 0. The minimum atomic E-state index is -0.236. The van der Waals surface area contributed by atoms with Crippen LogP contribution in [0.1, 0.15) is 16.8 Å². The second-order valence-electron chi connectivity index (χ2n) is 3.77. The molecule has 84 valence electrons. The normalized spacial score (nSPS) is 19.2. The lowest BCUT2D eigenvalue weighted by molar-refractivity contribution is -0.119. The van der Waals surface area contributed by atoms with Gasteiger partial charge in [0.2, 0.25) is 5.91 Å². The van der Waals surface area contributed by atoms with Crippen LogP contribution in [0.2, 0.25) is 0 Å². The second-order valence-corrected chi connectivity index (χ2v) is 3.77. The maximum Gasteiger partial charge on any atom is 0.253 e. The molecule has 2 amide bonds. The number of nitrogens with two attached hydrogens (primary N) is 1. The van der Waals surface area contributed by atoms with Crippen LogP contribution in [0.15, 0.2) is 24.3 Å². The number of nitrogen functional groups attached to an aromatic ring is 1. The Labute approximate surface area is 93.0 Å². The van der Waals surface area contributed by atoms with Gasteiger partial charge in [0.15, 0.2) is 0 Å². The van der Waals surface area contributed by atoms with Gasteiger partial charge in [-0.2, -0.15) is 0 Å². The van der Waals surface area contributed by atoms with Crippen molar-refractivity contribution in [3.8, 4) is 0 Å². The number of para-hydroxylation sites is 1. The summed E-state index contributed by atoms with van der Waals surface area (Å²) in [5.74, 6) is -0.272. The molecule has 16 heavy (non-hydrogen) atoms. The lowest BCUT2D eigenvalue weighted by Crippen LogP contribution is -2.36. The van der Waals surface area contributed by atoms with Gasteiger partial charge in [-0.1, -0.05) is 12.1 Å². The zero-order valence-electron chi connectivity index (χ0n) is 8.69. The first kappa shape index (κ1) is 10.5. The molecule has 1 aromatic carbocycles. The van der Waals surface area contributed by atoms with Crippen molar-refractivity contribution in [2.45, 2.75) is 12.5 Å². The minimum Gasteiger partial charge on any atom is -0.398 e. The lowest BCUT2D eigenvalue weighted by Gasteiger charge is -2.11. The van der Waals surface area contributed by atoms with Crippen LogP contribution < -0.4 is 16.4 Å². The summed E-state index contributed by atoms with van der Waals surface area (Å²) in [5, 5.41) is 5.42. The third kappa shape index (κ3) is 2.13. The van der Waals surface area contributed by atoms with E-state index in [0.717, 1.165) is 0 Å². The molecule has 4 N–H and O–H groups in total. The highest BCUT2D eigenvalue weighted by Gasteiger charge is 2.23. The maximum atomic E-state index is 11.8. The summed E-state index contributed by atoms with van der Waals surface area (Å²) < 4.78 is 0. The third-order valence-corrected chi connectivity index (χ3v) is 2.52. The van der Waals surface area contributed by atoms with Gasteiger partial charge in [-0.05, 0) is 12.1 Å². The molecule has 0 saturated carbocycles. The SMILES string of the molecule is Nc1ccccc1C(=O)NC1CNC(=O)C1. The number of anilines is 1. The van der Waals surface area contributed by atoms with E-state index in [2.05, 4.69) is 10.6 Å². The Bertz CT molecular complexity index is 431. The van der Waals surface area contributed by atoms with Crippen LogP contribution >= 0.6 is 0 Å². The Morgan fingerprint density at radius 2 is 2.19 bits per heavy atom. The molecule has 0 spiro atoms. The Morgan fingerprint density at radius 3 is 2.81 bits per heavy atom. The number of nitrogens with one attached hydrogen (secondary N) is 2. The summed E-state index contributed by atoms with van der Waals surface area (Å²) in [6.07, 6.45) is 0.332. The molecule has 0 radical (unpaired) electrons. The number of rotatable bonds is 2. The Hall–Kier alpha value is -2.04. The number of benzene rings is 1. The van der Waals surface area contributed by atoms with E-state index in [1.165, 1.54) is 0 Å². The highest BCUT2D eigenvalue weighted by molar-refractivity contribution is 5.99. The average Bonchev–Trinajstić information content (AvgIpc) is 2.64. The van der Waals surface area contributed by atoms with E-state index in [0.29, 0.717) is 24.2 Å². The topological polar surface area (TPSA) is 84.2 Å². The maximum absolute atomic E-state index is 11.8. The standard InChI is InChI=1S/C11H13N3O2/c12-9-4-2-1-3-8(9)11(16)14-7-5-10(15)13-6-7/h1-4,7H,5-6,12H2,(H,13,15)(H,14,16). The zero-order chi connectivity index (χ0) is 11.5. The van der Waals surface area contributed by atoms with Crippen LogP contribution in [0.25, 0.3) is 0 Å². The molecule has 1 fully saturated rings. The van der Waals surface area contributed by atoms with Gasteiger partial charge in [0, 0.05) is 18.7 Å². The van der Waals surface area contributed by atoms with Crippen molar-refractivity contribution in [3.05, 3.63) is 29.8 Å². The summed E-state index contributed by atoms with van der Waals surface area (Å²) in [5.41, 5.74) is 6.57. The van der Waals surface area contributed by atoms with Crippen LogP contribution in [0.5, 0.6) is 0 Å². The van der Waals surface area contributed by atoms with Crippen molar-refractivity contribution in [2.75, 3.05) is 12.3 Å². The first-order valence-corrected chi connectivity index (χ1v) is 5.09. The number of carbonyl (C=O) groups is 2. The van der Waals surface area contributed by atoms with Gasteiger partial charge in [0.1, 0.15) is 0 Å². The average molecular weight is 219 g/mol. The monoisotopic (exact) mass is 219 g/mol. The van der Waals surface area contributed by atoms with Gasteiger partial charge in [0.25, 0.3) is 5.91 Å². The molecule has 1 aliphatic heterocycles. The molecule has 5 nitrogen and oxygen atoms in total. The summed E-state index contributed by atoms with van der Waals surface area (Å²) in [6, 6.07) is 6.72. The highest BCUT2D eigenvalue weighted by atomic mass is 16.2. The summed E-state index contributed by atoms with van der Waals surface area (Å²) in [6.45, 7) is 0.483. The van der Waals surface area contributed by atoms with Gasteiger partial charge in [-0.3, -0.25) is 9.59 Å². The van der Waals surface area contributed by atoms with Crippen LogP contribution in [0.3, 0.4) is 0 Å². The van der Waals surface area contributed by atoms with Crippen LogP contribution in [0.4, 0.5) is 5.69 Å². The fourth-order valence-corrected chi connectivity index (χ4v) is 1.67. The molecule has 1 saturated heterocycles. The molecule has 0 bridgehead atoms. The molecule has 0 aliphatic carbocycles. The number of hydrogen-bond acceptors (Lipinski definition) is 3. The van der Waals surface area contributed by atoms with Crippen molar-refractivity contribution in [3.63, 3.8) is 0 Å². The first-order valence-electron chi connectivity index (χ1n) is 5.09. The van der Waals surface area contributed by atoms with Gasteiger partial charge < -0.3 is 16.4 Å². The van der Waals surface area contributed by atoms with Crippen molar-refractivity contribution in [2.24, 2.45) is 0 Å². The van der Waals surface area contributed by atoms with Crippen molar-refractivity contribution in [1.29, 1.82) is 0 Å². The van der Waals surface area contributed by atoms with Crippen molar-refractivity contribution < 1.29 is 9.59 Å². The molecule has 1 aliphatic rings. The van der Waals surface area contributed by atoms with Crippen molar-refractivity contribution >= 4 is 17.5 Å². The fourth-order valence-electron chi connectivity index (χ4n) is 1.67. The van der Waals surface area contributed by atoms with Gasteiger partial charge in [0.05, 0.1) is 11.6 Å². The predicted octanol–water partition coefficient (Wildman–Crippen LogP) is -0.113. The Balaban J connectivity index is 2.03. The minimum absolute atomic E-state index is 0.0358. The molecule has 2 rings (SSSR count). The molecule has 5 heteroatoms. The highest BCUT2D eigenvalue weighted by Crippen LogP contribution is 2.11. The van der Waals surface area contributed by atoms with Crippen LogP contribution in [-0.2, 0) is 4.79 Å². The van der Waals surface area contributed by atoms with E-state index in [1.807, 2.05) is 0 Å². The predicted molar refractivity (Wildman–Crippen MR) is 59.7 cm³/mol. The third-order valence-electron chi connectivity index (χ3n) is 2.52. The largest absolute Gasteiger partial charge is 0.398 e. The number of amides is 2. The quantitative estimate of drug-likeness (QED) is 0.607. The first-order chi connectivity index (χ1) is 7.66. The zero-order valence-corrected chi connectivity index (χ0v) is 8.69. The molecular formula is C11H13N3O2. The number of hydrogen-bond donors (Lipinski definition) is 3. The molecule has 1 unspecified atom stereocenters. The molecule has 0 aromatic heterocycles. The smallest absolute Gasteiger partial charge is 0.253 e. The summed E-state index contributed by atoms with van der Waals surface area (Å²) in [4.78, 5) is 22.7. The summed E-state index contributed by atoms with van der Waals surface area (Å²) >= 11 is 0. The van der Waals surface area contributed by atoms with Crippen molar-refractivity contribution in [1.82, 2.24) is 10.6 Å². The van der Waals surface area contributed by atoms with E-state index in [4.69, 9.17) is 5.73 Å². The van der Waals surface area contributed by atoms with E-state index >= 15 is 0 Å². The van der Waals surface area contributed by atoms with Crippen LogP contribution in [-0.4, -0.2) is 24.4 Å². The van der Waals surface area contributed by atoms with Gasteiger partial charge >= 0.3 is 0 Å². The fraction of sp³-hybridized carbons (Fsp3) is 0.273. The van der Waals surface area contributed by atoms with E-state index in [1.54, 1.807) is 24.3 Å². The lowest BCUT2D eigenvalue weighted by atomic mass is 10.1. The van der Waals surface area contributed by atoms with E-state index in [-0.39, 0.29) is 17.9 Å². The number of carbonyl (C=O) groups excluding carboxylic acids is 2. The molecule has 1 heterocycles. The molecule has 1 aromatic rings. The van der Waals surface area contributed by atoms with E-state index < -0.39 is 0 Å². The van der Waals surface area contributed by atoms with Gasteiger partial charge in [-0.25, -0.2) is 0 Å². The molecule has 1 atom stereocenters. The Morgan fingerprint density at radius 1 is 1.44 bits per heavy atom. The second kappa shape index (κ2) is 4.22. The van der Waals surface area contributed by atoms with Crippen LogP contribution in [0, 0.1) is 0 Å². The van der Waals surface area contributed by atoms with E-state index in [9.17, 15) is 9.59 Å². The van der Waals surface area contributed by atoms with Gasteiger partial charge in [-0.15, -0.1) is 0 Å². The Kier molecular flexibility index (Phi) is 2.76. The molecular weight excluding hydrogens is 206 g/mol.